The molecule has 1 N–H and O–H groups in total. The standard InChI is InChI=1S/C26H34N6OS/c1-7-9-22(24-28-29-30-32(24)26(4,5)6)31(16-21-10-8-11-34-21)15-20-14-19-13-17(2)12-18(3)23(19)27-25(20)33/h8,10-14,22H,7,9,15-16H2,1-6H3,(H,27,33). The van der Waals surface area contributed by atoms with Crippen molar-refractivity contribution in [2.24, 2.45) is 0 Å². The molecule has 1 aromatic carbocycles. The summed E-state index contributed by atoms with van der Waals surface area (Å²) in [5.74, 6) is 0.842. The Kier molecular flexibility index (Phi) is 7.00. The second-order valence-electron chi connectivity index (χ2n) is 10.1. The summed E-state index contributed by atoms with van der Waals surface area (Å²) < 4.78 is 1.92. The molecule has 4 aromatic rings. The smallest absolute Gasteiger partial charge is 0.252 e. The third-order valence-corrected chi connectivity index (χ3v) is 6.97. The van der Waals surface area contributed by atoms with Crippen molar-refractivity contribution in [1.29, 1.82) is 0 Å². The summed E-state index contributed by atoms with van der Waals surface area (Å²) in [6, 6.07) is 10.5. The van der Waals surface area contributed by atoms with Crippen LogP contribution in [0.25, 0.3) is 10.9 Å². The van der Waals surface area contributed by atoms with E-state index in [0.717, 1.165) is 47.2 Å². The van der Waals surface area contributed by atoms with Gasteiger partial charge in [-0.05, 0) is 86.0 Å². The normalized spacial score (nSPS) is 13.1. The molecule has 180 valence electrons. The Morgan fingerprint density at radius 3 is 2.65 bits per heavy atom. The van der Waals surface area contributed by atoms with E-state index in [-0.39, 0.29) is 17.1 Å². The van der Waals surface area contributed by atoms with Crippen molar-refractivity contribution >= 4 is 22.2 Å². The predicted octanol–water partition coefficient (Wildman–Crippen LogP) is 5.49. The Labute approximate surface area is 204 Å². The number of H-pyrrole nitrogens is 1. The van der Waals surface area contributed by atoms with Crippen LogP contribution in [0, 0.1) is 13.8 Å². The lowest BCUT2D eigenvalue weighted by atomic mass is 10.0. The Bertz CT molecular complexity index is 1320. The Morgan fingerprint density at radius 2 is 1.97 bits per heavy atom. The molecule has 4 rings (SSSR count). The number of aromatic amines is 1. The van der Waals surface area contributed by atoms with Gasteiger partial charge < -0.3 is 4.98 Å². The van der Waals surface area contributed by atoms with Gasteiger partial charge in [-0.2, -0.15) is 0 Å². The number of thiophene rings is 1. The maximum atomic E-state index is 13.2. The average molecular weight is 479 g/mol. The van der Waals surface area contributed by atoms with E-state index in [0.29, 0.717) is 6.54 Å². The lowest BCUT2D eigenvalue weighted by Crippen LogP contribution is -2.35. The number of aromatic nitrogens is 5. The summed E-state index contributed by atoms with van der Waals surface area (Å²) in [7, 11) is 0. The summed E-state index contributed by atoms with van der Waals surface area (Å²) in [6.45, 7) is 13.9. The van der Waals surface area contributed by atoms with E-state index in [2.05, 4.69) is 89.7 Å². The average Bonchev–Trinajstić information content (AvgIpc) is 3.44. The molecule has 8 heteroatoms. The van der Waals surface area contributed by atoms with E-state index >= 15 is 0 Å². The summed E-state index contributed by atoms with van der Waals surface area (Å²) in [5.41, 5.74) is 3.65. The number of hydrogen-bond acceptors (Lipinski definition) is 6. The highest BCUT2D eigenvalue weighted by atomic mass is 32.1. The molecule has 0 amide bonds. The maximum absolute atomic E-state index is 13.2. The van der Waals surface area contributed by atoms with Crippen LogP contribution in [0.5, 0.6) is 0 Å². The van der Waals surface area contributed by atoms with Gasteiger partial charge in [-0.25, -0.2) is 4.68 Å². The summed E-state index contributed by atoms with van der Waals surface area (Å²) in [6.07, 6.45) is 1.88. The molecular formula is C26H34N6OS. The molecular weight excluding hydrogens is 444 g/mol. The fourth-order valence-electron chi connectivity index (χ4n) is 4.58. The SMILES string of the molecule is CCCC(c1nnnn1C(C)(C)C)N(Cc1cccs1)Cc1cc2cc(C)cc(C)c2[nH]c1=O. The van der Waals surface area contributed by atoms with Gasteiger partial charge in [0.05, 0.1) is 17.1 Å². The molecule has 3 heterocycles. The first kappa shape index (κ1) is 24.3. The molecule has 1 unspecified atom stereocenters. The van der Waals surface area contributed by atoms with Crippen LogP contribution in [-0.2, 0) is 18.6 Å². The molecule has 3 aromatic heterocycles. The molecule has 0 aliphatic heterocycles. The zero-order chi connectivity index (χ0) is 24.5. The Morgan fingerprint density at radius 1 is 1.18 bits per heavy atom. The molecule has 0 bridgehead atoms. The monoisotopic (exact) mass is 478 g/mol. The summed E-state index contributed by atoms with van der Waals surface area (Å²) in [4.78, 5) is 19.9. The lowest BCUT2D eigenvalue weighted by Gasteiger charge is -2.32. The highest BCUT2D eigenvalue weighted by Gasteiger charge is 2.30. The minimum absolute atomic E-state index is 0.0179. The van der Waals surface area contributed by atoms with Crippen molar-refractivity contribution in [3.63, 3.8) is 0 Å². The number of aryl methyl sites for hydroxylation is 2. The molecule has 7 nitrogen and oxygen atoms in total. The second-order valence-corrected chi connectivity index (χ2v) is 11.1. The summed E-state index contributed by atoms with van der Waals surface area (Å²) in [5, 5.41) is 16.0. The van der Waals surface area contributed by atoms with Gasteiger partial charge in [0.1, 0.15) is 0 Å². The van der Waals surface area contributed by atoms with Gasteiger partial charge in [-0.1, -0.05) is 31.0 Å². The number of rotatable bonds is 8. The predicted molar refractivity (Wildman–Crippen MR) is 138 cm³/mol. The first-order valence-corrected chi connectivity index (χ1v) is 12.7. The van der Waals surface area contributed by atoms with Crippen LogP contribution in [0.15, 0.2) is 40.5 Å². The van der Waals surface area contributed by atoms with Gasteiger partial charge in [0.25, 0.3) is 5.56 Å². The number of tetrazole rings is 1. The van der Waals surface area contributed by atoms with E-state index < -0.39 is 0 Å². The van der Waals surface area contributed by atoms with Crippen LogP contribution in [0.1, 0.15) is 74.0 Å². The number of hydrogen-bond donors (Lipinski definition) is 1. The van der Waals surface area contributed by atoms with Crippen molar-refractivity contribution in [2.45, 2.75) is 79.1 Å². The first-order valence-electron chi connectivity index (χ1n) is 11.9. The van der Waals surface area contributed by atoms with E-state index in [1.54, 1.807) is 11.3 Å². The van der Waals surface area contributed by atoms with Crippen LogP contribution < -0.4 is 5.56 Å². The van der Waals surface area contributed by atoms with Crippen LogP contribution in [0.4, 0.5) is 0 Å². The molecule has 0 saturated heterocycles. The van der Waals surface area contributed by atoms with Gasteiger partial charge in [0.15, 0.2) is 5.82 Å². The van der Waals surface area contributed by atoms with Crippen molar-refractivity contribution in [3.8, 4) is 0 Å². The fourth-order valence-corrected chi connectivity index (χ4v) is 5.30. The van der Waals surface area contributed by atoms with E-state index in [1.165, 1.54) is 10.4 Å². The molecule has 0 saturated carbocycles. The number of nitrogens with one attached hydrogen (secondary N) is 1. The van der Waals surface area contributed by atoms with Crippen molar-refractivity contribution < 1.29 is 0 Å². The topological polar surface area (TPSA) is 79.7 Å². The van der Waals surface area contributed by atoms with Crippen molar-refractivity contribution in [2.75, 3.05) is 0 Å². The molecule has 0 aliphatic carbocycles. The van der Waals surface area contributed by atoms with Crippen LogP contribution in [0.2, 0.25) is 0 Å². The molecule has 34 heavy (non-hydrogen) atoms. The molecule has 0 spiro atoms. The zero-order valence-corrected chi connectivity index (χ0v) is 21.7. The molecule has 0 fully saturated rings. The quantitative estimate of drug-likeness (QED) is 0.362. The van der Waals surface area contributed by atoms with Gasteiger partial charge in [-0.15, -0.1) is 16.4 Å². The maximum Gasteiger partial charge on any atom is 0.252 e. The van der Waals surface area contributed by atoms with Crippen LogP contribution >= 0.6 is 11.3 Å². The minimum Gasteiger partial charge on any atom is -0.321 e. The highest BCUT2D eigenvalue weighted by molar-refractivity contribution is 7.09. The molecule has 0 aliphatic rings. The number of pyridine rings is 1. The highest BCUT2D eigenvalue weighted by Crippen LogP contribution is 2.31. The third kappa shape index (κ3) is 5.13. The van der Waals surface area contributed by atoms with Gasteiger partial charge in [0.2, 0.25) is 0 Å². The first-order chi connectivity index (χ1) is 16.2. The van der Waals surface area contributed by atoms with Crippen molar-refractivity contribution in [3.05, 3.63) is 73.5 Å². The van der Waals surface area contributed by atoms with Crippen LogP contribution in [-0.4, -0.2) is 30.1 Å². The van der Waals surface area contributed by atoms with E-state index in [1.807, 2.05) is 17.7 Å². The molecule has 0 radical (unpaired) electrons. The zero-order valence-electron chi connectivity index (χ0n) is 20.9. The summed E-state index contributed by atoms with van der Waals surface area (Å²) >= 11 is 1.73. The Hall–Kier alpha value is -2.84. The van der Waals surface area contributed by atoms with E-state index in [4.69, 9.17) is 0 Å². The van der Waals surface area contributed by atoms with Gasteiger partial charge in [0, 0.05) is 23.5 Å². The lowest BCUT2D eigenvalue weighted by molar-refractivity contribution is 0.150. The van der Waals surface area contributed by atoms with Crippen LogP contribution in [0.3, 0.4) is 0 Å². The fraction of sp³-hybridized carbons (Fsp3) is 0.462. The number of benzene rings is 1. The van der Waals surface area contributed by atoms with E-state index in [9.17, 15) is 4.79 Å². The van der Waals surface area contributed by atoms with Gasteiger partial charge >= 0.3 is 0 Å². The largest absolute Gasteiger partial charge is 0.321 e. The minimum atomic E-state index is -0.241. The number of nitrogens with zero attached hydrogens (tertiary/aromatic N) is 5. The van der Waals surface area contributed by atoms with Gasteiger partial charge in [-0.3, -0.25) is 9.69 Å². The second kappa shape index (κ2) is 9.80. The third-order valence-electron chi connectivity index (χ3n) is 6.11. The van der Waals surface area contributed by atoms with Crippen molar-refractivity contribution in [1.82, 2.24) is 30.1 Å². The Balaban J connectivity index is 1.79. The molecule has 1 atom stereocenters. The number of fused-ring (bicyclic) bond motifs is 1.